The van der Waals surface area contributed by atoms with Gasteiger partial charge in [-0.3, -0.25) is 19.2 Å². The van der Waals surface area contributed by atoms with E-state index in [9.17, 15) is 106 Å². The van der Waals surface area contributed by atoms with Gasteiger partial charge in [-0.05, 0) is 115 Å². The molecule has 0 heterocycles. The van der Waals surface area contributed by atoms with Crippen molar-refractivity contribution in [2.45, 2.75) is 32.7 Å². The lowest BCUT2D eigenvalue weighted by atomic mass is 10.1. The van der Waals surface area contributed by atoms with Gasteiger partial charge in [0.15, 0.2) is 29.1 Å². The maximum absolute atomic E-state index is 14.0. The molecule has 8 rings (SSSR count). The Morgan fingerprint density at radius 1 is 0.383 bits per heavy atom. The smallest absolute Gasteiger partial charge is 0.266 e. The van der Waals surface area contributed by atoms with Gasteiger partial charge in [-0.25, -0.2) is 86.4 Å². The Bertz CT molecular complexity index is 5030. The molecule has 0 aliphatic carbocycles. The number of nitrogens with one attached hydrogen (secondary N) is 4. The number of carbonyl (C=O) groups is 4. The summed E-state index contributed by atoms with van der Waals surface area (Å²) in [6, 6.07) is 24.4. The minimum atomic E-state index is -4.33. The van der Waals surface area contributed by atoms with Crippen LogP contribution < -0.4 is 21.3 Å². The third kappa shape index (κ3) is 23.3. The number of likely N-dealkylation sites (N-methyl/N-ethyl adjacent to an activating group) is 4. The van der Waals surface area contributed by atoms with Crippen molar-refractivity contribution in [3.8, 4) is 0 Å². The van der Waals surface area contributed by atoms with E-state index in [-0.39, 0.29) is 93.5 Å². The SMILES string of the molecule is CN(CCO)S(=O)(=O)c1cc(C(=O)Nc2cc(F)c(F)c(F)c2)ccc1F.CN(CCO)S(=O)(=O)c1cc(C(=O)Nc2ccc(F)c(Cl)c2)ccc1F.CN(CCO)S(=O)(=O)c1cccc(C(=O)Nc2cc(F)c(F)c(CF)c2)c1.CN(CCO)S(=O)(=O)c1cccc(C(=O)Nc2ccc(F)c(C(F)F)c2)c1. The van der Waals surface area contributed by atoms with Gasteiger partial charge in [0.05, 0.1) is 46.8 Å². The summed E-state index contributed by atoms with van der Waals surface area (Å²) in [5.74, 6) is -14.6. The van der Waals surface area contributed by atoms with Crippen molar-refractivity contribution in [1.29, 1.82) is 0 Å². The Kier molecular flexibility index (Phi) is 32.1. The lowest BCUT2D eigenvalue weighted by molar-refractivity contribution is 0.101. The molecule has 0 fully saturated rings. The number of sulfonamides is 4. The van der Waals surface area contributed by atoms with Crippen molar-refractivity contribution in [2.75, 3.05) is 102 Å². The van der Waals surface area contributed by atoms with Gasteiger partial charge in [0.2, 0.25) is 40.1 Å². The average Bonchev–Trinajstić information content (AvgIpc) is 0.809. The van der Waals surface area contributed by atoms with Gasteiger partial charge in [-0.2, -0.15) is 17.2 Å². The summed E-state index contributed by atoms with van der Waals surface area (Å²) in [5.41, 5.74) is -2.38. The molecule has 0 aromatic heterocycles. The molecule has 578 valence electrons. The fourth-order valence-corrected chi connectivity index (χ4v) is 13.7. The maximum Gasteiger partial charge on any atom is 0.266 e. The first kappa shape index (κ1) is 88.2. The van der Waals surface area contributed by atoms with Crippen molar-refractivity contribution in [1.82, 2.24) is 17.2 Å². The minimum Gasteiger partial charge on any atom is -0.395 e. The molecule has 8 N–H and O–H groups in total. The molecule has 0 saturated carbocycles. The van der Waals surface area contributed by atoms with Crippen LogP contribution in [0.1, 0.15) is 59.0 Å². The molecule has 0 saturated heterocycles. The molecule has 4 amide bonds. The van der Waals surface area contributed by atoms with Gasteiger partial charge in [0.25, 0.3) is 30.1 Å². The first-order valence-electron chi connectivity index (χ1n) is 30.2. The summed E-state index contributed by atoms with van der Waals surface area (Å²) in [5, 5.41) is 44.4. The van der Waals surface area contributed by atoms with Crippen LogP contribution in [0.4, 0.5) is 75.4 Å². The highest BCUT2D eigenvalue weighted by molar-refractivity contribution is 7.90. The number of rotatable bonds is 26. The van der Waals surface area contributed by atoms with E-state index in [2.05, 4.69) is 21.3 Å². The number of nitrogens with zero attached hydrogens (tertiary/aromatic N) is 4. The summed E-state index contributed by atoms with van der Waals surface area (Å²) in [6.07, 6.45) is -3.04. The molecule has 24 nitrogen and oxygen atoms in total. The molecule has 8 aromatic carbocycles. The van der Waals surface area contributed by atoms with Crippen LogP contribution in [0.15, 0.2) is 165 Å². The van der Waals surface area contributed by atoms with Crippen molar-refractivity contribution < 1.29 is 126 Å². The summed E-state index contributed by atoms with van der Waals surface area (Å²) in [4.78, 5) is 47.2. The fourth-order valence-electron chi connectivity index (χ4n) is 8.64. The van der Waals surface area contributed by atoms with E-state index in [0.717, 1.165) is 98.8 Å². The number of alkyl halides is 3. The second kappa shape index (κ2) is 38.9. The summed E-state index contributed by atoms with van der Waals surface area (Å²) in [6.45, 7) is -3.71. The summed E-state index contributed by atoms with van der Waals surface area (Å²) < 4.78 is 261. The van der Waals surface area contributed by atoms with Crippen LogP contribution in [0, 0.1) is 52.4 Å². The predicted molar refractivity (Wildman–Crippen MR) is 365 cm³/mol. The first-order chi connectivity index (χ1) is 50.1. The van der Waals surface area contributed by atoms with Crippen molar-refractivity contribution in [2.24, 2.45) is 0 Å². The van der Waals surface area contributed by atoms with E-state index in [1.165, 1.54) is 69.7 Å². The maximum atomic E-state index is 14.0. The van der Waals surface area contributed by atoms with E-state index in [1.807, 2.05) is 0 Å². The quantitative estimate of drug-likeness (QED) is 0.0185. The zero-order valence-electron chi connectivity index (χ0n) is 55.8. The molecule has 0 spiro atoms. The highest BCUT2D eigenvalue weighted by atomic mass is 35.5. The molecule has 0 unspecified atom stereocenters. The van der Waals surface area contributed by atoms with Gasteiger partial charge in [-0.1, -0.05) is 23.7 Å². The average molecular weight is 1620 g/mol. The van der Waals surface area contributed by atoms with Gasteiger partial charge in [0, 0.05) is 123 Å². The van der Waals surface area contributed by atoms with Crippen LogP contribution in [0.2, 0.25) is 5.02 Å². The third-order valence-electron chi connectivity index (χ3n) is 14.4. The Morgan fingerprint density at radius 3 is 1.07 bits per heavy atom. The second-order valence-corrected chi connectivity index (χ2v) is 30.4. The Morgan fingerprint density at radius 2 is 0.710 bits per heavy atom. The zero-order chi connectivity index (χ0) is 80.2. The van der Waals surface area contributed by atoms with E-state index in [1.54, 1.807) is 0 Å². The fraction of sp³-hybridized carbons (Fsp3) is 0.212. The number of hydrogen-bond donors (Lipinski definition) is 8. The largest absolute Gasteiger partial charge is 0.395 e. The first-order valence-corrected chi connectivity index (χ1v) is 36.3. The Labute approximate surface area is 609 Å². The Hall–Kier alpha value is -9.43. The number of halogens is 13. The van der Waals surface area contributed by atoms with Crippen LogP contribution in [0.3, 0.4) is 0 Å². The topological polar surface area (TPSA) is 347 Å². The standard InChI is InChI=1S/2C17H17F3N2O4S.C16H15ClF2N2O4S.C16H14F4N2O4S/c1-22(5-6-23)27(25,26)14-4-2-3-11(8-14)17(24)21-13-7-12(10-18)16(20)15(19)9-13;1-22(7-8-23)27(25,26)13-4-2-3-11(9-13)17(24)21-12-5-6-15(18)14(10-12)16(19)20;1-21(6-7-22)26(24,25)15-8-10(2-4-14(15)19)16(23)20-11-3-5-13(18)12(17)9-11;1-22(4-5-23)27(25,26)14-6-9(2-3-11(14)17)16(24)21-10-7-12(18)15(20)13(19)8-10/h2-4,7-9,23H,5-6,10H2,1H3,(H,21,24);2-6,9-10,16,23H,7-8H2,1H3,(H,21,24);2-5,8-9,22H,6-7H2,1H3,(H,20,23);2-3,6-8,23H,4-5H2,1H3,(H,21,24). The van der Waals surface area contributed by atoms with Crippen LogP contribution in [0.5, 0.6) is 0 Å². The van der Waals surface area contributed by atoms with Crippen LogP contribution in [-0.4, -0.2) is 176 Å². The third-order valence-corrected chi connectivity index (χ3v) is 22.2. The van der Waals surface area contributed by atoms with Crippen molar-refractivity contribution >= 4 is 98.1 Å². The molecule has 8 aromatic rings. The normalized spacial score (nSPS) is 11.7. The number of hydrogen-bond acceptors (Lipinski definition) is 16. The monoisotopic (exact) mass is 1610 g/mol. The van der Waals surface area contributed by atoms with Gasteiger partial charge in [0.1, 0.15) is 39.7 Å². The molecular formula is C66H63ClF12N8O16S4. The van der Waals surface area contributed by atoms with E-state index in [0.29, 0.717) is 22.5 Å². The van der Waals surface area contributed by atoms with Crippen molar-refractivity contribution in [3.05, 3.63) is 236 Å². The molecule has 0 bridgehead atoms. The predicted octanol–water partition coefficient (Wildman–Crippen LogP) is 9.52. The van der Waals surface area contributed by atoms with Gasteiger partial charge < -0.3 is 41.7 Å². The number of aliphatic hydroxyl groups excluding tert-OH is 4. The lowest BCUT2D eigenvalue weighted by Gasteiger charge is -2.17. The second-order valence-electron chi connectivity index (χ2n) is 21.8. The number of aliphatic hydroxyl groups is 4. The van der Waals surface area contributed by atoms with Crippen LogP contribution in [-0.2, 0) is 46.8 Å². The minimum absolute atomic E-state index is 0.0311. The highest BCUT2D eigenvalue weighted by Gasteiger charge is 2.29. The zero-order valence-corrected chi connectivity index (χ0v) is 59.8. The Balaban J connectivity index is 0.000000256. The molecule has 107 heavy (non-hydrogen) atoms. The number of anilines is 4. The van der Waals surface area contributed by atoms with Gasteiger partial charge >= 0.3 is 0 Å². The van der Waals surface area contributed by atoms with Gasteiger partial charge in [-0.15, -0.1) is 0 Å². The molecule has 0 aliphatic rings. The summed E-state index contributed by atoms with van der Waals surface area (Å²) >= 11 is 5.63. The lowest BCUT2D eigenvalue weighted by Crippen LogP contribution is -2.30. The summed E-state index contributed by atoms with van der Waals surface area (Å²) in [7, 11) is -11.5. The number of amides is 4. The van der Waals surface area contributed by atoms with E-state index >= 15 is 0 Å². The number of benzene rings is 8. The van der Waals surface area contributed by atoms with Crippen molar-refractivity contribution in [3.63, 3.8) is 0 Å². The number of carbonyl (C=O) groups excluding carboxylic acids is 4. The molecule has 0 radical (unpaired) electrons. The van der Waals surface area contributed by atoms with Crippen LogP contribution >= 0.6 is 11.6 Å². The molecule has 41 heteroatoms. The van der Waals surface area contributed by atoms with Crippen LogP contribution in [0.25, 0.3) is 0 Å². The highest BCUT2D eigenvalue weighted by Crippen LogP contribution is 2.29. The molecule has 0 aliphatic heterocycles. The van der Waals surface area contributed by atoms with E-state index < -0.39 is 169 Å². The molecular weight excluding hydrogens is 1550 g/mol. The van der Waals surface area contributed by atoms with E-state index in [4.69, 9.17) is 32.0 Å². The molecule has 0 atom stereocenters.